The summed E-state index contributed by atoms with van der Waals surface area (Å²) in [4.78, 5) is 14.0. The van der Waals surface area contributed by atoms with Gasteiger partial charge in [0.2, 0.25) is 0 Å². The van der Waals surface area contributed by atoms with Gasteiger partial charge in [0.15, 0.2) is 0 Å². The van der Waals surface area contributed by atoms with Crippen molar-refractivity contribution in [1.82, 2.24) is 0 Å². The summed E-state index contributed by atoms with van der Waals surface area (Å²) in [5, 5.41) is 11.7. The van der Waals surface area contributed by atoms with Gasteiger partial charge in [0.05, 0.1) is 4.88 Å². The highest BCUT2D eigenvalue weighted by molar-refractivity contribution is 7.14. The van der Waals surface area contributed by atoms with Crippen LogP contribution in [0.15, 0.2) is 36.4 Å². The lowest BCUT2D eigenvalue weighted by atomic mass is 10.1. The Hall–Kier alpha value is -1.65. The smallest absolute Gasteiger partial charge is 0.265 e. The fraction of sp³-hybridized carbons (Fsp3) is 0.267. The van der Waals surface area contributed by atoms with E-state index in [0.29, 0.717) is 6.42 Å². The highest BCUT2D eigenvalue weighted by Crippen LogP contribution is 2.19. The Morgan fingerprint density at radius 3 is 2.53 bits per heavy atom. The van der Waals surface area contributed by atoms with Crippen LogP contribution in [-0.4, -0.2) is 17.6 Å². The zero-order chi connectivity index (χ0) is 13.7. The number of carbonyl (C=O) groups excluding carboxylic acids is 1. The van der Waals surface area contributed by atoms with E-state index in [2.05, 4.69) is 12.2 Å². The van der Waals surface area contributed by atoms with Crippen LogP contribution in [0.1, 0.15) is 27.0 Å². The van der Waals surface area contributed by atoms with E-state index in [4.69, 9.17) is 5.11 Å². The number of aryl methyl sites for hydroxylation is 1. The molecule has 2 rings (SSSR count). The first-order valence-electron chi connectivity index (χ1n) is 6.32. The van der Waals surface area contributed by atoms with Crippen molar-refractivity contribution in [3.63, 3.8) is 0 Å². The molecule has 1 aromatic heterocycles. The molecule has 0 aliphatic heterocycles. The average molecular weight is 275 g/mol. The summed E-state index contributed by atoms with van der Waals surface area (Å²) in [6.07, 6.45) is 1.59. The van der Waals surface area contributed by atoms with Gasteiger partial charge in [0.1, 0.15) is 0 Å². The Morgan fingerprint density at radius 1 is 1.21 bits per heavy atom. The number of rotatable bonds is 5. The summed E-state index contributed by atoms with van der Waals surface area (Å²) in [5.41, 5.74) is 1.84. The van der Waals surface area contributed by atoms with Gasteiger partial charge in [-0.25, -0.2) is 0 Å². The van der Waals surface area contributed by atoms with Crippen LogP contribution >= 0.6 is 11.3 Å². The molecule has 0 radical (unpaired) electrons. The van der Waals surface area contributed by atoms with Gasteiger partial charge in [-0.15, -0.1) is 11.3 Å². The van der Waals surface area contributed by atoms with Crippen molar-refractivity contribution in [2.24, 2.45) is 0 Å². The lowest BCUT2D eigenvalue weighted by Gasteiger charge is -2.04. The summed E-state index contributed by atoms with van der Waals surface area (Å²) < 4.78 is 0. The minimum atomic E-state index is -0.0698. The van der Waals surface area contributed by atoms with Crippen molar-refractivity contribution >= 4 is 22.9 Å². The van der Waals surface area contributed by atoms with Gasteiger partial charge in [0, 0.05) is 17.2 Å². The predicted molar refractivity (Wildman–Crippen MR) is 78.9 cm³/mol. The zero-order valence-corrected chi connectivity index (χ0v) is 11.7. The fourth-order valence-electron chi connectivity index (χ4n) is 1.77. The SMILES string of the molecule is CCc1ccc(C(=O)Nc2ccc(CCO)cc2)s1. The van der Waals surface area contributed by atoms with Crippen LogP contribution in [-0.2, 0) is 12.8 Å². The van der Waals surface area contributed by atoms with Crippen LogP contribution in [0.25, 0.3) is 0 Å². The summed E-state index contributed by atoms with van der Waals surface area (Å²) in [7, 11) is 0. The predicted octanol–water partition coefficient (Wildman–Crippen LogP) is 3.10. The number of thiophene rings is 1. The highest BCUT2D eigenvalue weighted by Gasteiger charge is 2.08. The fourth-order valence-corrected chi connectivity index (χ4v) is 2.61. The summed E-state index contributed by atoms with van der Waals surface area (Å²) in [6, 6.07) is 11.4. The monoisotopic (exact) mass is 275 g/mol. The average Bonchev–Trinajstić information content (AvgIpc) is 2.90. The standard InChI is InChI=1S/C15H17NO2S/c1-2-13-7-8-14(19-13)15(18)16-12-5-3-11(4-6-12)9-10-17/h3-8,17H,2,9-10H2,1H3,(H,16,18). The van der Waals surface area contributed by atoms with Crippen LogP contribution in [0.5, 0.6) is 0 Å². The van der Waals surface area contributed by atoms with Crippen LogP contribution in [0.4, 0.5) is 5.69 Å². The van der Waals surface area contributed by atoms with Gasteiger partial charge < -0.3 is 10.4 Å². The first-order chi connectivity index (χ1) is 9.22. The number of carbonyl (C=O) groups is 1. The number of hydrogen-bond acceptors (Lipinski definition) is 3. The Kier molecular flexibility index (Phi) is 4.71. The second kappa shape index (κ2) is 6.50. The molecular formula is C15H17NO2S. The quantitative estimate of drug-likeness (QED) is 0.881. The second-order valence-corrected chi connectivity index (χ2v) is 5.41. The molecule has 0 saturated heterocycles. The zero-order valence-electron chi connectivity index (χ0n) is 10.8. The number of benzene rings is 1. The van der Waals surface area contributed by atoms with Gasteiger partial charge in [-0.3, -0.25) is 4.79 Å². The molecule has 2 N–H and O–H groups in total. The van der Waals surface area contributed by atoms with E-state index in [0.717, 1.165) is 22.5 Å². The van der Waals surface area contributed by atoms with Crippen molar-refractivity contribution in [3.8, 4) is 0 Å². The van der Waals surface area contributed by atoms with E-state index in [1.165, 1.54) is 16.2 Å². The molecule has 0 bridgehead atoms. The molecule has 100 valence electrons. The van der Waals surface area contributed by atoms with Crippen LogP contribution in [0.3, 0.4) is 0 Å². The molecule has 3 nitrogen and oxygen atoms in total. The summed E-state index contributed by atoms with van der Waals surface area (Å²) >= 11 is 1.53. The van der Waals surface area contributed by atoms with Crippen LogP contribution in [0.2, 0.25) is 0 Å². The Bertz CT molecular complexity index is 546. The number of amides is 1. The van der Waals surface area contributed by atoms with E-state index in [1.807, 2.05) is 36.4 Å². The normalized spacial score (nSPS) is 10.4. The minimum Gasteiger partial charge on any atom is -0.396 e. The van der Waals surface area contributed by atoms with Crippen molar-refractivity contribution < 1.29 is 9.90 Å². The molecule has 0 atom stereocenters. The van der Waals surface area contributed by atoms with E-state index in [-0.39, 0.29) is 12.5 Å². The van der Waals surface area contributed by atoms with E-state index < -0.39 is 0 Å². The molecule has 0 unspecified atom stereocenters. The molecule has 0 aliphatic carbocycles. The van der Waals surface area contributed by atoms with Gasteiger partial charge in [-0.2, -0.15) is 0 Å². The topological polar surface area (TPSA) is 49.3 Å². The summed E-state index contributed by atoms with van der Waals surface area (Å²) in [6.45, 7) is 2.22. The highest BCUT2D eigenvalue weighted by atomic mass is 32.1. The van der Waals surface area contributed by atoms with Gasteiger partial charge in [-0.1, -0.05) is 19.1 Å². The maximum atomic E-state index is 12.0. The Balaban J connectivity index is 2.01. The lowest BCUT2D eigenvalue weighted by molar-refractivity contribution is 0.103. The molecule has 19 heavy (non-hydrogen) atoms. The first kappa shape index (κ1) is 13.8. The number of aliphatic hydroxyl groups excluding tert-OH is 1. The minimum absolute atomic E-state index is 0.0698. The molecular weight excluding hydrogens is 258 g/mol. The van der Waals surface area contributed by atoms with Gasteiger partial charge in [0.25, 0.3) is 5.91 Å². The number of aliphatic hydroxyl groups is 1. The molecule has 1 heterocycles. The van der Waals surface area contributed by atoms with Gasteiger partial charge >= 0.3 is 0 Å². The molecule has 0 spiro atoms. The lowest BCUT2D eigenvalue weighted by Crippen LogP contribution is -2.10. The second-order valence-electron chi connectivity index (χ2n) is 4.24. The number of nitrogens with one attached hydrogen (secondary N) is 1. The first-order valence-corrected chi connectivity index (χ1v) is 7.14. The van der Waals surface area contributed by atoms with E-state index >= 15 is 0 Å². The Morgan fingerprint density at radius 2 is 1.95 bits per heavy atom. The van der Waals surface area contributed by atoms with Crippen molar-refractivity contribution in [1.29, 1.82) is 0 Å². The maximum absolute atomic E-state index is 12.0. The van der Waals surface area contributed by atoms with Crippen molar-refractivity contribution in [2.45, 2.75) is 19.8 Å². The molecule has 1 amide bonds. The summed E-state index contributed by atoms with van der Waals surface area (Å²) in [5.74, 6) is -0.0698. The van der Waals surface area contributed by atoms with Crippen LogP contribution < -0.4 is 5.32 Å². The van der Waals surface area contributed by atoms with E-state index in [1.54, 1.807) is 0 Å². The third-order valence-electron chi connectivity index (χ3n) is 2.85. The number of anilines is 1. The molecule has 4 heteroatoms. The molecule has 0 fully saturated rings. The van der Waals surface area contributed by atoms with Crippen molar-refractivity contribution in [2.75, 3.05) is 11.9 Å². The third kappa shape index (κ3) is 3.66. The maximum Gasteiger partial charge on any atom is 0.265 e. The largest absolute Gasteiger partial charge is 0.396 e. The van der Waals surface area contributed by atoms with Crippen molar-refractivity contribution in [3.05, 3.63) is 51.7 Å². The Labute approximate surface area is 116 Å². The van der Waals surface area contributed by atoms with E-state index in [9.17, 15) is 4.79 Å². The molecule has 0 saturated carbocycles. The number of hydrogen-bond donors (Lipinski definition) is 2. The van der Waals surface area contributed by atoms with Gasteiger partial charge in [-0.05, 0) is 42.7 Å². The molecule has 1 aromatic carbocycles. The van der Waals surface area contributed by atoms with Crippen LogP contribution in [0, 0.1) is 0 Å². The third-order valence-corrected chi connectivity index (χ3v) is 4.07. The molecule has 2 aromatic rings. The molecule has 0 aliphatic rings.